The van der Waals surface area contributed by atoms with Gasteiger partial charge in [-0.15, -0.1) is 0 Å². The van der Waals surface area contributed by atoms with E-state index >= 15 is 0 Å². The number of carbonyl (C=O) groups is 1. The van der Waals surface area contributed by atoms with Crippen LogP contribution in [-0.4, -0.2) is 17.2 Å². The minimum Gasteiger partial charge on any atom is -0.365 e. The van der Waals surface area contributed by atoms with E-state index in [1.54, 1.807) is 29.2 Å². The molecule has 1 heterocycles. The van der Waals surface area contributed by atoms with Crippen molar-refractivity contribution in [3.05, 3.63) is 101 Å². The number of urea groups is 1. The fraction of sp³-hybridized carbons (Fsp3) is 0.259. The number of aliphatic hydroxyl groups is 1. The largest absolute Gasteiger partial charge is 0.365 e. The van der Waals surface area contributed by atoms with Gasteiger partial charge in [0.15, 0.2) is 11.4 Å². The molecule has 0 bridgehead atoms. The first kappa shape index (κ1) is 21.6. The van der Waals surface area contributed by atoms with Gasteiger partial charge in [-0.25, -0.2) is 9.64 Å². The second-order valence-corrected chi connectivity index (χ2v) is 8.09. The zero-order valence-electron chi connectivity index (χ0n) is 18.6. The maximum absolute atomic E-state index is 13.8. The summed E-state index contributed by atoms with van der Waals surface area (Å²) >= 11 is 0. The maximum atomic E-state index is 13.8. The van der Waals surface area contributed by atoms with Crippen LogP contribution in [0.1, 0.15) is 37.5 Å². The third-order valence-corrected chi connectivity index (χ3v) is 6.33. The van der Waals surface area contributed by atoms with Crippen molar-refractivity contribution in [2.24, 2.45) is 0 Å². The van der Waals surface area contributed by atoms with Crippen molar-refractivity contribution < 1.29 is 9.90 Å². The van der Waals surface area contributed by atoms with Crippen LogP contribution in [-0.2, 0) is 18.6 Å². The van der Waals surface area contributed by atoms with Crippen LogP contribution in [0.3, 0.4) is 0 Å². The Morgan fingerprint density at radius 3 is 2.03 bits per heavy atom. The molecule has 1 aliphatic rings. The molecule has 2 amide bonds. The molecule has 162 valence electrons. The van der Waals surface area contributed by atoms with Crippen LogP contribution in [0.15, 0.2) is 72.8 Å². The molecule has 4 rings (SSSR count). The molecule has 2 atom stereocenters. The number of aryl methyl sites for hydroxylation is 2. The van der Waals surface area contributed by atoms with Crippen molar-refractivity contribution in [3.8, 4) is 0 Å². The lowest BCUT2D eigenvalue weighted by molar-refractivity contribution is 0.0373. The van der Waals surface area contributed by atoms with Crippen molar-refractivity contribution in [2.75, 3.05) is 9.80 Å². The standard InChI is InChI=1S/C27H27N3O2/c1-5-20-10-14-24(15-11-20)29-19(3)27(32,22-8-7-9-23(18-22)28-4)30(26(29)31)25-16-12-21(6-2)13-17-25/h7-19,32H,5-6H2,1-3H3. The number of hydrogen-bond donors (Lipinski definition) is 1. The van der Waals surface area contributed by atoms with Gasteiger partial charge in [-0.3, -0.25) is 9.80 Å². The minimum atomic E-state index is -1.64. The molecule has 1 N–H and O–H groups in total. The second-order valence-electron chi connectivity index (χ2n) is 8.09. The summed E-state index contributed by atoms with van der Waals surface area (Å²) in [6.07, 6.45) is 1.80. The molecular formula is C27H27N3O2. The highest BCUT2D eigenvalue weighted by Crippen LogP contribution is 2.45. The van der Waals surface area contributed by atoms with Crippen LogP contribution in [0.5, 0.6) is 0 Å². The van der Waals surface area contributed by atoms with Gasteiger partial charge >= 0.3 is 6.03 Å². The van der Waals surface area contributed by atoms with E-state index in [1.165, 1.54) is 10.5 Å². The molecule has 5 nitrogen and oxygen atoms in total. The van der Waals surface area contributed by atoms with Gasteiger partial charge in [0.05, 0.1) is 12.6 Å². The van der Waals surface area contributed by atoms with Crippen LogP contribution in [0.25, 0.3) is 4.85 Å². The Morgan fingerprint density at radius 2 is 1.50 bits per heavy atom. The Morgan fingerprint density at radius 1 is 0.938 bits per heavy atom. The Kier molecular flexibility index (Phi) is 5.73. The average molecular weight is 426 g/mol. The number of nitrogens with zero attached hydrogens (tertiary/aromatic N) is 3. The van der Waals surface area contributed by atoms with E-state index in [9.17, 15) is 9.90 Å². The number of anilines is 2. The third kappa shape index (κ3) is 3.43. The van der Waals surface area contributed by atoms with Crippen LogP contribution < -0.4 is 9.80 Å². The zero-order chi connectivity index (χ0) is 22.9. The molecule has 1 aliphatic heterocycles. The number of amides is 2. The van der Waals surface area contributed by atoms with Gasteiger partial charge in [-0.1, -0.05) is 56.3 Å². The Hall–Kier alpha value is -3.62. The van der Waals surface area contributed by atoms with Crippen molar-refractivity contribution in [1.82, 2.24) is 0 Å². The van der Waals surface area contributed by atoms with Crippen molar-refractivity contribution >= 4 is 23.1 Å². The minimum absolute atomic E-state index is 0.304. The lowest BCUT2D eigenvalue weighted by atomic mass is 9.94. The predicted molar refractivity (Wildman–Crippen MR) is 128 cm³/mol. The van der Waals surface area contributed by atoms with Gasteiger partial charge in [-0.2, -0.15) is 0 Å². The highest BCUT2D eigenvalue weighted by atomic mass is 16.3. The fourth-order valence-electron chi connectivity index (χ4n) is 4.37. The predicted octanol–water partition coefficient (Wildman–Crippen LogP) is 6.04. The first-order valence-electron chi connectivity index (χ1n) is 11.0. The van der Waals surface area contributed by atoms with Crippen LogP contribution in [0.4, 0.5) is 21.9 Å². The van der Waals surface area contributed by atoms with Crippen LogP contribution in [0, 0.1) is 6.57 Å². The van der Waals surface area contributed by atoms with Gasteiger partial charge in [-0.05, 0) is 66.8 Å². The third-order valence-electron chi connectivity index (χ3n) is 6.33. The topological polar surface area (TPSA) is 48.1 Å². The van der Waals surface area contributed by atoms with E-state index in [0.717, 1.165) is 24.1 Å². The van der Waals surface area contributed by atoms with Crippen LogP contribution in [0.2, 0.25) is 0 Å². The SMILES string of the molecule is [C-]#[N+]c1cccc(C2(O)C(C)N(c3ccc(CC)cc3)C(=O)N2c2ccc(CC)cc2)c1. The molecule has 0 saturated carbocycles. The van der Waals surface area contributed by atoms with E-state index in [1.807, 2.05) is 55.5 Å². The summed E-state index contributed by atoms with van der Waals surface area (Å²) in [5, 5.41) is 12.2. The summed E-state index contributed by atoms with van der Waals surface area (Å²) in [5.41, 5.74) is 2.96. The number of rotatable bonds is 5. The molecule has 1 saturated heterocycles. The quantitative estimate of drug-likeness (QED) is 0.507. The molecular weight excluding hydrogens is 398 g/mol. The monoisotopic (exact) mass is 425 g/mol. The zero-order valence-corrected chi connectivity index (χ0v) is 18.6. The fourth-order valence-corrected chi connectivity index (χ4v) is 4.37. The van der Waals surface area contributed by atoms with Crippen molar-refractivity contribution in [1.29, 1.82) is 0 Å². The van der Waals surface area contributed by atoms with E-state index in [4.69, 9.17) is 6.57 Å². The summed E-state index contributed by atoms with van der Waals surface area (Å²) in [6, 6.07) is 21.5. The maximum Gasteiger partial charge on any atom is 0.332 e. The van der Waals surface area contributed by atoms with Gasteiger partial charge in [0.25, 0.3) is 0 Å². The summed E-state index contributed by atoms with van der Waals surface area (Å²) in [6.45, 7) is 13.4. The highest BCUT2D eigenvalue weighted by molar-refractivity contribution is 6.08. The van der Waals surface area contributed by atoms with Crippen molar-refractivity contribution in [3.63, 3.8) is 0 Å². The normalized spacial score (nSPS) is 20.5. The van der Waals surface area contributed by atoms with E-state index < -0.39 is 11.8 Å². The molecule has 3 aromatic carbocycles. The molecule has 3 aromatic rings. The summed E-state index contributed by atoms with van der Waals surface area (Å²) in [4.78, 5) is 20.4. The Balaban J connectivity index is 1.88. The molecule has 1 fully saturated rings. The molecule has 32 heavy (non-hydrogen) atoms. The van der Waals surface area contributed by atoms with Gasteiger partial charge in [0, 0.05) is 11.4 Å². The van der Waals surface area contributed by atoms with E-state index in [0.29, 0.717) is 16.9 Å². The number of benzene rings is 3. The molecule has 2 unspecified atom stereocenters. The highest BCUT2D eigenvalue weighted by Gasteiger charge is 2.56. The van der Waals surface area contributed by atoms with Crippen molar-refractivity contribution in [2.45, 2.75) is 45.4 Å². The summed E-state index contributed by atoms with van der Waals surface area (Å²) in [7, 11) is 0. The van der Waals surface area contributed by atoms with Gasteiger partial charge in [0.2, 0.25) is 0 Å². The summed E-state index contributed by atoms with van der Waals surface area (Å²) in [5.74, 6) is 0. The molecule has 5 heteroatoms. The number of carbonyl (C=O) groups excluding carboxylic acids is 1. The lowest BCUT2D eigenvalue weighted by Gasteiger charge is -2.36. The molecule has 0 radical (unpaired) electrons. The smallest absolute Gasteiger partial charge is 0.332 e. The first-order valence-corrected chi connectivity index (χ1v) is 11.0. The first-order chi connectivity index (χ1) is 15.4. The Labute approximate surface area is 189 Å². The average Bonchev–Trinajstić information content (AvgIpc) is 3.05. The van der Waals surface area contributed by atoms with Gasteiger partial charge in [0.1, 0.15) is 0 Å². The molecule has 0 aromatic heterocycles. The van der Waals surface area contributed by atoms with E-state index in [-0.39, 0.29) is 6.03 Å². The second kappa shape index (κ2) is 8.49. The van der Waals surface area contributed by atoms with Crippen LogP contribution >= 0.6 is 0 Å². The molecule has 0 spiro atoms. The molecule has 0 aliphatic carbocycles. The summed E-state index contributed by atoms with van der Waals surface area (Å²) < 4.78 is 0. The van der Waals surface area contributed by atoms with Gasteiger partial charge < -0.3 is 5.11 Å². The van der Waals surface area contributed by atoms with E-state index in [2.05, 4.69) is 18.7 Å². The Bertz CT molecular complexity index is 1160. The lowest BCUT2D eigenvalue weighted by Crippen LogP contribution is -2.48. The number of hydrogen-bond acceptors (Lipinski definition) is 2.